The molecule has 2 N–H and O–H groups in total. The van der Waals surface area contributed by atoms with Crippen molar-refractivity contribution in [3.63, 3.8) is 0 Å². The summed E-state index contributed by atoms with van der Waals surface area (Å²) in [6.07, 6.45) is 0. The number of nitrogens with one attached hydrogen (secondary N) is 2. The van der Waals surface area contributed by atoms with Gasteiger partial charge in [-0.15, -0.1) is 11.3 Å². The molecule has 1 heterocycles. The van der Waals surface area contributed by atoms with Crippen molar-refractivity contribution in [3.05, 3.63) is 69.3 Å². The van der Waals surface area contributed by atoms with Gasteiger partial charge >= 0.3 is 0 Å². The third-order valence-corrected chi connectivity index (χ3v) is 6.57. The van der Waals surface area contributed by atoms with Gasteiger partial charge in [0.2, 0.25) is 0 Å². The van der Waals surface area contributed by atoms with Crippen molar-refractivity contribution in [1.82, 2.24) is 9.88 Å². The lowest BCUT2D eigenvalue weighted by atomic mass is 10.0. The van der Waals surface area contributed by atoms with Gasteiger partial charge in [0.25, 0.3) is 10.0 Å². The van der Waals surface area contributed by atoms with Crippen LogP contribution in [0.4, 0.5) is 15.9 Å². The maximum absolute atomic E-state index is 14.7. The Bertz CT molecular complexity index is 1120. The molecule has 31 heavy (non-hydrogen) atoms. The average molecular weight is 485 g/mol. The van der Waals surface area contributed by atoms with Gasteiger partial charge < -0.3 is 10.2 Å². The number of thiazole rings is 1. The molecule has 0 spiro atoms. The molecule has 0 radical (unpaired) electrons. The summed E-state index contributed by atoms with van der Waals surface area (Å²) in [5.74, 6) is -0.776. The summed E-state index contributed by atoms with van der Waals surface area (Å²) in [4.78, 5) is 5.39. The van der Waals surface area contributed by atoms with Crippen LogP contribution in [0.2, 0.25) is 5.02 Å². The second-order valence-electron chi connectivity index (χ2n) is 7.09. The normalized spacial score (nSPS) is 12.3. The van der Waals surface area contributed by atoms with Gasteiger partial charge in [-0.3, -0.25) is 4.72 Å². The Labute approximate surface area is 192 Å². The largest absolute Gasteiger partial charge is 0.377 e. The maximum atomic E-state index is 14.7. The first-order valence-corrected chi connectivity index (χ1v) is 11.9. The maximum Gasteiger partial charge on any atom is 0.266 e. The molecule has 0 aliphatic carbocycles. The van der Waals surface area contributed by atoms with Crippen LogP contribution in [-0.4, -0.2) is 32.4 Å². The van der Waals surface area contributed by atoms with Crippen molar-refractivity contribution in [2.45, 2.75) is 31.8 Å². The molecule has 168 valence electrons. The number of halogens is 2. The van der Waals surface area contributed by atoms with Crippen LogP contribution >= 0.6 is 22.9 Å². The number of rotatable bonds is 8. The molecule has 0 amide bonds. The van der Waals surface area contributed by atoms with Gasteiger partial charge in [-0.1, -0.05) is 43.3 Å². The third kappa shape index (κ3) is 6.39. The minimum Gasteiger partial charge on any atom is -0.377 e. The van der Waals surface area contributed by atoms with Gasteiger partial charge in [0.1, 0.15) is 10.7 Å². The summed E-state index contributed by atoms with van der Waals surface area (Å²) in [6.45, 7) is 2.73. The second kappa shape index (κ2) is 10.4. The minimum absolute atomic E-state index is 0. The Morgan fingerprint density at radius 2 is 2.00 bits per heavy atom. The van der Waals surface area contributed by atoms with E-state index in [2.05, 4.69) is 26.0 Å². The second-order valence-corrected chi connectivity index (χ2v) is 9.87. The molecular weight excluding hydrogens is 459 g/mol. The van der Waals surface area contributed by atoms with E-state index in [1.807, 2.05) is 39.2 Å². The van der Waals surface area contributed by atoms with E-state index >= 15 is 0 Å². The van der Waals surface area contributed by atoms with E-state index in [0.717, 1.165) is 29.8 Å². The fourth-order valence-corrected chi connectivity index (χ4v) is 4.87. The highest BCUT2D eigenvalue weighted by atomic mass is 35.5. The quantitative estimate of drug-likeness (QED) is 0.435. The summed E-state index contributed by atoms with van der Waals surface area (Å²) in [5.41, 5.74) is 3.95. The first-order valence-electron chi connectivity index (χ1n) is 9.06. The van der Waals surface area contributed by atoms with Crippen molar-refractivity contribution < 1.29 is 12.8 Å². The van der Waals surface area contributed by atoms with Gasteiger partial charge in [0.15, 0.2) is 5.82 Å². The number of hydrogen-bond donors (Lipinski definition) is 2. The van der Waals surface area contributed by atoms with Crippen LogP contribution in [0, 0.1) is 5.82 Å². The molecular formula is C21H26ClFN4O2S2. The number of hydrogen-bond acceptors (Lipinski definition) is 6. The molecule has 6 nitrogen and oxygen atoms in total. The van der Waals surface area contributed by atoms with Crippen LogP contribution in [0.1, 0.15) is 31.5 Å². The summed E-state index contributed by atoms with van der Waals surface area (Å²) in [6, 6.07) is 10.1. The zero-order valence-corrected chi connectivity index (χ0v) is 19.1. The molecule has 0 saturated carbocycles. The van der Waals surface area contributed by atoms with Crippen molar-refractivity contribution >= 4 is 44.5 Å². The van der Waals surface area contributed by atoms with Gasteiger partial charge in [0, 0.05) is 18.0 Å². The number of benzene rings is 2. The fraction of sp³-hybridized carbons (Fsp3) is 0.286. The molecule has 3 rings (SSSR count). The van der Waals surface area contributed by atoms with Crippen LogP contribution in [-0.2, 0) is 16.6 Å². The monoisotopic (exact) mass is 484 g/mol. The standard InChI is InChI=1S/C20H22ClFN4O2S2.CH4/c1-13(15-6-4-5-14(7-15)10-26(2)3)24-18-9-17(22)19(8-16(18)21)30(27,28)25-20-11-29-12-23-20;/h4-9,11-13,24-25H,10H2,1-3H3;1H4/t13-;/m0./s1. The SMILES string of the molecule is C.C[C@H](Nc1cc(F)c(S(=O)(=O)Nc2cscn2)cc1Cl)c1cccc(CN(C)C)c1. The van der Waals surface area contributed by atoms with Crippen molar-refractivity contribution in [3.8, 4) is 0 Å². The lowest BCUT2D eigenvalue weighted by Gasteiger charge is -2.19. The molecule has 0 aliphatic rings. The molecule has 0 bridgehead atoms. The highest BCUT2D eigenvalue weighted by molar-refractivity contribution is 7.92. The predicted molar refractivity (Wildman–Crippen MR) is 127 cm³/mol. The van der Waals surface area contributed by atoms with Crippen LogP contribution in [0.3, 0.4) is 0 Å². The van der Waals surface area contributed by atoms with Crippen LogP contribution < -0.4 is 10.0 Å². The highest BCUT2D eigenvalue weighted by Crippen LogP contribution is 2.31. The van der Waals surface area contributed by atoms with E-state index in [0.29, 0.717) is 5.69 Å². The average Bonchev–Trinajstić information content (AvgIpc) is 3.16. The zero-order chi connectivity index (χ0) is 21.9. The minimum atomic E-state index is -4.15. The Morgan fingerprint density at radius 1 is 1.26 bits per heavy atom. The van der Waals surface area contributed by atoms with Crippen molar-refractivity contribution in [2.75, 3.05) is 24.1 Å². The summed E-state index contributed by atoms with van der Waals surface area (Å²) in [7, 11) is -0.157. The van der Waals surface area contributed by atoms with E-state index in [1.165, 1.54) is 22.2 Å². The Hall–Kier alpha value is -2.20. The van der Waals surface area contributed by atoms with E-state index in [4.69, 9.17) is 11.6 Å². The number of aromatic nitrogens is 1. The molecule has 1 atom stereocenters. The molecule has 0 saturated heterocycles. The van der Waals surface area contributed by atoms with Gasteiger partial charge in [-0.25, -0.2) is 17.8 Å². The zero-order valence-electron chi connectivity index (χ0n) is 16.7. The van der Waals surface area contributed by atoms with Crippen molar-refractivity contribution in [1.29, 1.82) is 0 Å². The van der Waals surface area contributed by atoms with E-state index in [1.54, 1.807) is 0 Å². The first-order chi connectivity index (χ1) is 14.2. The molecule has 2 aromatic carbocycles. The number of sulfonamides is 1. The topological polar surface area (TPSA) is 74.3 Å². The molecule has 1 aromatic heterocycles. The van der Waals surface area contributed by atoms with Crippen LogP contribution in [0.5, 0.6) is 0 Å². The smallest absolute Gasteiger partial charge is 0.266 e. The lowest BCUT2D eigenvalue weighted by Crippen LogP contribution is -2.16. The third-order valence-electron chi connectivity index (χ3n) is 4.30. The Balaban J connectivity index is 0.00000341. The van der Waals surface area contributed by atoms with Crippen molar-refractivity contribution in [2.24, 2.45) is 0 Å². The van der Waals surface area contributed by atoms with Gasteiger partial charge in [-0.05, 0) is 44.3 Å². The Kier molecular flexibility index (Phi) is 8.41. The Morgan fingerprint density at radius 3 is 2.65 bits per heavy atom. The highest BCUT2D eigenvalue weighted by Gasteiger charge is 2.23. The van der Waals surface area contributed by atoms with E-state index in [9.17, 15) is 12.8 Å². The summed E-state index contributed by atoms with van der Waals surface area (Å²) < 4.78 is 41.9. The molecule has 3 aromatic rings. The van der Waals surface area contributed by atoms with Gasteiger partial charge in [-0.2, -0.15) is 0 Å². The van der Waals surface area contributed by atoms with E-state index in [-0.39, 0.29) is 24.3 Å². The number of nitrogens with zero attached hydrogens (tertiary/aromatic N) is 2. The first kappa shape index (κ1) is 25.1. The van der Waals surface area contributed by atoms with Gasteiger partial charge in [0.05, 0.1) is 16.2 Å². The molecule has 0 aliphatic heterocycles. The fourth-order valence-electron chi connectivity index (χ4n) is 2.94. The van der Waals surface area contributed by atoms with Crippen LogP contribution in [0.25, 0.3) is 0 Å². The van der Waals surface area contributed by atoms with E-state index < -0.39 is 20.7 Å². The number of anilines is 2. The lowest BCUT2D eigenvalue weighted by molar-refractivity contribution is 0.402. The summed E-state index contributed by atoms with van der Waals surface area (Å²) in [5, 5.41) is 4.78. The molecule has 10 heteroatoms. The molecule has 0 unspecified atom stereocenters. The van der Waals surface area contributed by atoms with Crippen LogP contribution in [0.15, 0.2) is 52.2 Å². The predicted octanol–water partition coefficient (Wildman–Crippen LogP) is 5.61. The summed E-state index contributed by atoms with van der Waals surface area (Å²) >= 11 is 7.50. The molecule has 0 fully saturated rings.